The molecule has 0 aromatic heterocycles. The summed E-state index contributed by atoms with van der Waals surface area (Å²) in [6, 6.07) is -0.0353. The van der Waals surface area contributed by atoms with Crippen molar-refractivity contribution in [3.05, 3.63) is 23.3 Å². The quantitative estimate of drug-likeness (QED) is 0.706. The van der Waals surface area contributed by atoms with Crippen LogP contribution in [0.3, 0.4) is 0 Å². The number of hydrogen-bond donors (Lipinski definition) is 3. The number of nitrogens with zero attached hydrogens (tertiary/aromatic N) is 1. The number of rotatable bonds is 4. The van der Waals surface area contributed by atoms with Crippen LogP contribution >= 0.6 is 0 Å². The largest absolute Gasteiger partial charge is 0.395 e. The maximum absolute atomic E-state index is 9.75. The first-order valence-electron chi connectivity index (χ1n) is 7.18. The van der Waals surface area contributed by atoms with Crippen LogP contribution in [-0.4, -0.2) is 58.2 Å². The molecule has 1 aliphatic carbocycles. The molecule has 2 aliphatic rings. The molecule has 0 radical (unpaired) electrons. The van der Waals surface area contributed by atoms with Gasteiger partial charge in [0.05, 0.1) is 18.8 Å². The fraction of sp³-hybridized carbons (Fsp3) is 0.733. The van der Waals surface area contributed by atoms with Gasteiger partial charge in [0.2, 0.25) is 0 Å². The first kappa shape index (κ1) is 14.7. The van der Waals surface area contributed by atoms with E-state index < -0.39 is 12.2 Å². The summed E-state index contributed by atoms with van der Waals surface area (Å²) in [4.78, 5) is 2.10. The molecule has 19 heavy (non-hydrogen) atoms. The Labute approximate surface area is 115 Å². The van der Waals surface area contributed by atoms with E-state index in [0.717, 1.165) is 25.8 Å². The van der Waals surface area contributed by atoms with Crippen LogP contribution in [0.1, 0.15) is 32.6 Å². The Hall–Kier alpha value is -0.680. The van der Waals surface area contributed by atoms with Gasteiger partial charge in [-0.1, -0.05) is 17.7 Å². The molecule has 1 saturated heterocycles. The number of aliphatic hydroxyl groups is 3. The van der Waals surface area contributed by atoms with Crippen LogP contribution in [0.15, 0.2) is 23.3 Å². The summed E-state index contributed by atoms with van der Waals surface area (Å²) >= 11 is 0. The van der Waals surface area contributed by atoms with E-state index in [9.17, 15) is 15.3 Å². The second kappa shape index (κ2) is 6.66. The predicted molar refractivity (Wildman–Crippen MR) is 74.8 cm³/mol. The van der Waals surface area contributed by atoms with Gasteiger partial charge < -0.3 is 15.3 Å². The Balaban J connectivity index is 1.92. The van der Waals surface area contributed by atoms with Crippen LogP contribution in [0.25, 0.3) is 0 Å². The lowest BCUT2D eigenvalue weighted by molar-refractivity contribution is -0.0703. The van der Waals surface area contributed by atoms with Crippen molar-refractivity contribution in [2.45, 2.75) is 50.9 Å². The molecule has 4 heteroatoms. The molecule has 1 fully saturated rings. The highest BCUT2D eigenvalue weighted by Gasteiger charge is 2.32. The van der Waals surface area contributed by atoms with Crippen molar-refractivity contribution in [1.29, 1.82) is 0 Å². The second-order valence-electron chi connectivity index (χ2n) is 5.70. The van der Waals surface area contributed by atoms with Gasteiger partial charge in [-0.15, -0.1) is 0 Å². The molecule has 1 aliphatic heterocycles. The van der Waals surface area contributed by atoms with Gasteiger partial charge in [-0.05, 0) is 38.2 Å². The van der Waals surface area contributed by atoms with Gasteiger partial charge in [-0.3, -0.25) is 4.90 Å². The molecule has 1 heterocycles. The minimum absolute atomic E-state index is 0.0353. The molecule has 108 valence electrons. The summed E-state index contributed by atoms with van der Waals surface area (Å²) < 4.78 is 0. The Bertz CT molecular complexity index is 364. The summed E-state index contributed by atoms with van der Waals surface area (Å²) in [5, 5.41) is 28.8. The monoisotopic (exact) mass is 267 g/mol. The molecule has 3 N–H and O–H groups in total. The summed E-state index contributed by atoms with van der Waals surface area (Å²) in [6.45, 7) is 3.49. The van der Waals surface area contributed by atoms with Crippen LogP contribution in [0, 0.1) is 0 Å². The van der Waals surface area contributed by atoms with Gasteiger partial charge >= 0.3 is 0 Å². The average molecular weight is 267 g/mol. The summed E-state index contributed by atoms with van der Waals surface area (Å²) in [5.74, 6) is 0. The summed E-state index contributed by atoms with van der Waals surface area (Å²) in [7, 11) is 0. The van der Waals surface area contributed by atoms with Crippen molar-refractivity contribution >= 4 is 0 Å². The average Bonchev–Trinajstić information content (AvgIpc) is 2.41. The SMILES string of the molecule is CC1=C(CCN2C[C@H](O)C(O)C[C@@H]2CO)C=CCC1. The minimum atomic E-state index is -0.705. The van der Waals surface area contributed by atoms with Crippen LogP contribution in [-0.2, 0) is 0 Å². The first-order valence-corrected chi connectivity index (χ1v) is 7.18. The number of aliphatic hydroxyl groups excluding tert-OH is 3. The lowest BCUT2D eigenvalue weighted by atomic mass is 9.94. The third kappa shape index (κ3) is 3.66. The Kier molecular flexibility index (Phi) is 5.16. The zero-order valence-corrected chi connectivity index (χ0v) is 11.6. The van der Waals surface area contributed by atoms with Crippen LogP contribution in [0.5, 0.6) is 0 Å². The Morgan fingerprint density at radius 2 is 2.11 bits per heavy atom. The first-order chi connectivity index (χ1) is 9.11. The van der Waals surface area contributed by atoms with Crippen LogP contribution in [0.4, 0.5) is 0 Å². The molecule has 0 aromatic carbocycles. The standard InChI is InChI=1S/C15H25NO3/c1-11-4-2-3-5-12(11)6-7-16-9-15(19)14(18)8-13(16)10-17/h3,5,13-15,17-19H,2,4,6-10H2,1H3/t13-,14?,15+/m1/s1. The number of likely N-dealkylation sites (tertiary alicyclic amines) is 1. The van der Waals surface area contributed by atoms with Crippen molar-refractivity contribution in [1.82, 2.24) is 4.90 Å². The third-order valence-corrected chi connectivity index (χ3v) is 4.33. The van der Waals surface area contributed by atoms with Crippen molar-refractivity contribution in [2.75, 3.05) is 19.7 Å². The zero-order valence-electron chi connectivity index (χ0n) is 11.6. The molecule has 0 bridgehead atoms. The normalized spacial score (nSPS) is 32.9. The molecule has 1 unspecified atom stereocenters. The number of β-amino-alcohol motifs (C(OH)–C–C–N with tert-alkyl or cyclic N) is 1. The Morgan fingerprint density at radius 3 is 2.79 bits per heavy atom. The van der Waals surface area contributed by atoms with Gasteiger partial charge in [0, 0.05) is 19.1 Å². The van der Waals surface area contributed by atoms with Crippen LogP contribution in [0.2, 0.25) is 0 Å². The van der Waals surface area contributed by atoms with E-state index in [-0.39, 0.29) is 12.6 Å². The van der Waals surface area contributed by atoms with Gasteiger partial charge in [0.1, 0.15) is 0 Å². The smallest absolute Gasteiger partial charge is 0.0926 e. The highest BCUT2D eigenvalue weighted by atomic mass is 16.3. The van der Waals surface area contributed by atoms with Gasteiger partial charge in [0.15, 0.2) is 0 Å². The molecule has 0 amide bonds. The Morgan fingerprint density at radius 1 is 1.32 bits per heavy atom. The van der Waals surface area contributed by atoms with E-state index in [1.165, 1.54) is 11.1 Å². The molecular formula is C15H25NO3. The summed E-state index contributed by atoms with van der Waals surface area (Å²) in [6.07, 6.45) is 6.67. The van der Waals surface area contributed by atoms with E-state index in [1.807, 2.05) is 0 Å². The van der Waals surface area contributed by atoms with E-state index >= 15 is 0 Å². The summed E-state index contributed by atoms with van der Waals surface area (Å²) in [5.41, 5.74) is 2.82. The highest BCUT2D eigenvalue weighted by molar-refractivity contribution is 5.28. The van der Waals surface area contributed by atoms with Crippen molar-refractivity contribution in [2.24, 2.45) is 0 Å². The van der Waals surface area contributed by atoms with Crippen molar-refractivity contribution in [3.8, 4) is 0 Å². The molecule has 0 saturated carbocycles. The second-order valence-corrected chi connectivity index (χ2v) is 5.70. The maximum Gasteiger partial charge on any atom is 0.0926 e. The molecular weight excluding hydrogens is 242 g/mol. The van der Waals surface area contributed by atoms with Crippen molar-refractivity contribution in [3.63, 3.8) is 0 Å². The molecule has 4 nitrogen and oxygen atoms in total. The fourth-order valence-corrected chi connectivity index (χ4v) is 2.95. The fourth-order valence-electron chi connectivity index (χ4n) is 2.95. The highest BCUT2D eigenvalue weighted by Crippen LogP contribution is 2.23. The lowest BCUT2D eigenvalue weighted by Gasteiger charge is -2.39. The zero-order chi connectivity index (χ0) is 13.8. The number of piperidine rings is 1. The number of hydrogen-bond acceptors (Lipinski definition) is 4. The van der Waals surface area contributed by atoms with Gasteiger partial charge in [-0.25, -0.2) is 0 Å². The van der Waals surface area contributed by atoms with E-state index in [2.05, 4.69) is 24.0 Å². The lowest BCUT2D eigenvalue weighted by Crippen LogP contribution is -2.53. The molecule has 2 rings (SSSR count). The molecule has 0 spiro atoms. The van der Waals surface area contributed by atoms with Gasteiger partial charge in [0.25, 0.3) is 0 Å². The van der Waals surface area contributed by atoms with Crippen molar-refractivity contribution < 1.29 is 15.3 Å². The maximum atomic E-state index is 9.75. The number of allylic oxidation sites excluding steroid dienone is 3. The van der Waals surface area contributed by atoms with E-state index in [0.29, 0.717) is 13.0 Å². The third-order valence-electron chi connectivity index (χ3n) is 4.33. The molecule has 3 atom stereocenters. The van der Waals surface area contributed by atoms with E-state index in [1.54, 1.807) is 0 Å². The minimum Gasteiger partial charge on any atom is -0.395 e. The van der Waals surface area contributed by atoms with E-state index in [4.69, 9.17) is 0 Å². The molecule has 0 aromatic rings. The topological polar surface area (TPSA) is 63.9 Å². The van der Waals surface area contributed by atoms with Gasteiger partial charge in [-0.2, -0.15) is 0 Å². The predicted octanol–water partition coefficient (Wildman–Crippen LogP) is 0.831. The van der Waals surface area contributed by atoms with Crippen LogP contribution < -0.4 is 0 Å².